The number of rotatable bonds is 8. The number of nitriles is 1. The number of carbonyl (C=O) groups is 2. The van der Waals surface area contributed by atoms with Crippen LogP contribution in [-0.4, -0.2) is 23.0 Å². The summed E-state index contributed by atoms with van der Waals surface area (Å²) in [5.41, 5.74) is 2.60. The predicted molar refractivity (Wildman–Crippen MR) is 122 cm³/mol. The van der Waals surface area contributed by atoms with Crippen LogP contribution in [0.25, 0.3) is 11.1 Å². The van der Waals surface area contributed by atoms with Gasteiger partial charge in [-0.3, -0.25) is 9.59 Å². The van der Waals surface area contributed by atoms with E-state index in [-0.39, 0.29) is 41.3 Å². The summed E-state index contributed by atoms with van der Waals surface area (Å²) in [6.45, 7) is 0. The highest BCUT2D eigenvalue weighted by Crippen LogP contribution is 2.31. The molecule has 1 aliphatic rings. The van der Waals surface area contributed by atoms with E-state index >= 15 is 0 Å². The normalized spacial score (nSPS) is 13.1. The molecule has 9 heteroatoms. The highest BCUT2D eigenvalue weighted by atomic mass is 19.4. The van der Waals surface area contributed by atoms with Crippen LogP contribution in [0.2, 0.25) is 0 Å². The lowest BCUT2D eigenvalue weighted by Crippen LogP contribution is -2.17. The molecule has 1 saturated carbocycles. The Bertz CT molecular complexity index is 1280. The van der Waals surface area contributed by atoms with E-state index < -0.39 is 6.36 Å². The van der Waals surface area contributed by atoms with Crippen LogP contribution in [0.3, 0.4) is 0 Å². The third-order valence-corrected chi connectivity index (χ3v) is 5.46. The molecule has 178 valence electrons. The van der Waals surface area contributed by atoms with Crippen LogP contribution >= 0.6 is 0 Å². The molecule has 0 bridgehead atoms. The first kappa shape index (κ1) is 24.0. The Morgan fingerprint density at radius 3 is 2.31 bits per heavy atom. The van der Waals surface area contributed by atoms with Crippen LogP contribution in [0.1, 0.15) is 40.9 Å². The first-order valence-corrected chi connectivity index (χ1v) is 10.9. The Kier molecular flexibility index (Phi) is 6.82. The van der Waals surface area contributed by atoms with Gasteiger partial charge in [-0.2, -0.15) is 5.26 Å². The number of carbonyl (C=O) groups excluding carboxylic acids is 2. The highest BCUT2D eigenvalue weighted by molar-refractivity contribution is 5.98. The molecule has 0 saturated heterocycles. The Morgan fingerprint density at radius 2 is 1.71 bits per heavy atom. The summed E-state index contributed by atoms with van der Waals surface area (Å²) in [5, 5.41) is 11.6. The molecule has 1 aliphatic carbocycles. The zero-order valence-corrected chi connectivity index (χ0v) is 18.4. The fraction of sp³-hybridized carbons (Fsp3) is 0.231. The molecule has 35 heavy (non-hydrogen) atoms. The van der Waals surface area contributed by atoms with Crippen molar-refractivity contribution in [2.75, 3.05) is 5.32 Å². The molecule has 2 aromatic carbocycles. The van der Waals surface area contributed by atoms with Crippen LogP contribution in [0.5, 0.6) is 5.75 Å². The number of ether oxygens (including phenoxy) is 1. The van der Waals surface area contributed by atoms with Crippen LogP contribution in [-0.2, 0) is 11.2 Å². The van der Waals surface area contributed by atoms with Crippen molar-refractivity contribution in [1.82, 2.24) is 4.98 Å². The second kappa shape index (κ2) is 9.97. The second-order valence-electron chi connectivity index (χ2n) is 8.19. The van der Waals surface area contributed by atoms with Gasteiger partial charge in [-0.15, -0.1) is 13.2 Å². The summed E-state index contributed by atoms with van der Waals surface area (Å²) in [5.74, 6) is -0.669. The van der Waals surface area contributed by atoms with Crippen molar-refractivity contribution in [2.24, 2.45) is 5.92 Å². The summed E-state index contributed by atoms with van der Waals surface area (Å²) in [4.78, 5) is 29.5. The fourth-order valence-corrected chi connectivity index (χ4v) is 3.46. The lowest BCUT2D eigenvalue weighted by molar-refractivity contribution is -0.274. The van der Waals surface area contributed by atoms with Gasteiger partial charge in [-0.25, -0.2) is 4.98 Å². The number of pyridine rings is 1. The quantitative estimate of drug-likeness (QED) is 0.420. The number of amides is 1. The van der Waals surface area contributed by atoms with Crippen molar-refractivity contribution < 1.29 is 27.5 Å². The van der Waals surface area contributed by atoms with Gasteiger partial charge < -0.3 is 10.1 Å². The van der Waals surface area contributed by atoms with Gasteiger partial charge in [0, 0.05) is 12.3 Å². The van der Waals surface area contributed by atoms with Crippen molar-refractivity contribution >= 4 is 17.5 Å². The number of Topliss-reactive ketones (excluding diaryl/α,β-unsaturated/α-hetero) is 1. The molecule has 0 aliphatic heterocycles. The molecular formula is C26H20F3N3O3. The van der Waals surface area contributed by atoms with E-state index in [9.17, 15) is 22.8 Å². The number of ketones is 1. The summed E-state index contributed by atoms with van der Waals surface area (Å²) in [6.07, 6.45) is -2.63. The highest BCUT2D eigenvalue weighted by Gasteiger charge is 2.31. The number of halogens is 3. The van der Waals surface area contributed by atoms with Gasteiger partial charge in [-0.1, -0.05) is 24.3 Å². The maximum Gasteiger partial charge on any atom is 0.573 e. The zero-order chi connectivity index (χ0) is 25.0. The molecule has 4 rings (SSSR count). The molecule has 1 heterocycles. The maximum atomic E-state index is 12.9. The molecular weight excluding hydrogens is 459 g/mol. The lowest BCUT2D eigenvalue weighted by atomic mass is 10.0. The number of aromatic nitrogens is 1. The van der Waals surface area contributed by atoms with Gasteiger partial charge in [-0.05, 0) is 72.4 Å². The number of hydrogen-bond acceptors (Lipinski definition) is 5. The molecule has 1 amide bonds. The zero-order valence-electron chi connectivity index (χ0n) is 18.4. The van der Waals surface area contributed by atoms with Crippen LogP contribution in [0.15, 0.2) is 60.7 Å². The Labute approximate surface area is 199 Å². The fourth-order valence-electron chi connectivity index (χ4n) is 3.46. The second-order valence-corrected chi connectivity index (χ2v) is 8.19. The molecule has 0 unspecified atom stereocenters. The van der Waals surface area contributed by atoms with E-state index in [2.05, 4.69) is 15.0 Å². The molecule has 3 aromatic rings. The van der Waals surface area contributed by atoms with E-state index in [4.69, 9.17) is 5.26 Å². The van der Waals surface area contributed by atoms with Gasteiger partial charge in [0.25, 0.3) is 0 Å². The first-order chi connectivity index (χ1) is 16.7. The number of nitrogens with one attached hydrogen (secondary N) is 1. The summed E-state index contributed by atoms with van der Waals surface area (Å²) in [6, 6.07) is 17.3. The van der Waals surface area contributed by atoms with Gasteiger partial charge in [0.1, 0.15) is 17.3 Å². The van der Waals surface area contributed by atoms with Crippen molar-refractivity contribution in [3.05, 3.63) is 77.5 Å². The predicted octanol–water partition coefficient (Wildman–Crippen LogP) is 5.68. The number of benzene rings is 2. The Hall–Kier alpha value is -4.19. The van der Waals surface area contributed by atoms with E-state index in [0.29, 0.717) is 23.1 Å². The van der Waals surface area contributed by atoms with Crippen molar-refractivity contribution in [3.8, 4) is 22.9 Å². The smallest absolute Gasteiger partial charge is 0.406 e. The van der Waals surface area contributed by atoms with Crippen LogP contribution < -0.4 is 10.1 Å². The molecule has 0 atom stereocenters. The van der Waals surface area contributed by atoms with Crippen LogP contribution in [0, 0.1) is 17.2 Å². The third kappa shape index (κ3) is 6.67. The SMILES string of the molecule is N#Cc1ccc(CCC(=O)c2cc(-c3ccc(OC(F)(F)F)cc3)cc(NC(=O)C3CC3)n2)cc1. The third-order valence-electron chi connectivity index (χ3n) is 5.46. The molecule has 6 nitrogen and oxygen atoms in total. The van der Waals surface area contributed by atoms with E-state index in [1.807, 2.05) is 6.07 Å². The molecule has 0 radical (unpaired) electrons. The van der Waals surface area contributed by atoms with Crippen LogP contribution in [0.4, 0.5) is 19.0 Å². The molecule has 1 N–H and O–H groups in total. The van der Waals surface area contributed by atoms with E-state index in [0.717, 1.165) is 18.4 Å². The maximum absolute atomic E-state index is 12.9. The minimum absolute atomic E-state index is 0.0743. The lowest BCUT2D eigenvalue weighted by Gasteiger charge is -2.12. The molecule has 1 aromatic heterocycles. The van der Waals surface area contributed by atoms with E-state index in [1.54, 1.807) is 36.4 Å². The number of anilines is 1. The number of nitrogens with zero attached hydrogens (tertiary/aromatic N) is 2. The van der Waals surface area contributed by atoms with Gasteiger partial charge in [0.15, 0.2) is 5.78 Å². The number of hydrogen-bond donors (Lipinski definition) is 1. The largest absolute Gasteiger partial charge is 0.573 e. The van der Waals surface area contributed by atoms with Crippen molar-refractivity contribution in [2.45, 2.75) is 32.0 Å². The standard InChI is InChI=1S/C26H20F3N3O3/c27-26(28,29)35-21-10-8-18(9-11-21)20-13-22(31-24(14-20)32-25(34)19-6-7-19)23(33)12-5-16-1-3-17(15-30)4-2-16/h1-4,8-11,13-14,19H,5-7,12H2,(H,31,32,34). The summed E-state index contributed by atoms with van der Waals surface area (Å²) < 4.78 is 41.3. The topological polar surface area (TPSA) is 92.1 Å². The molecule has 1 fully saturated rings. The van der Waals surface area contributed by atoms with Gasteiger partial charge in [0.05, 0.1) is 11.6 Å². The molecule has 0 spiro atoms. The van der Waals surface area contributed by atoms with Gasteiger partial charge in [0.2, 0.25) is 5.91 Å². The van der Waals surface area contributed by atoms with Crippen molar-refractivity contribution in [1.29, 1.82) is 5.26 Å². The van der Waals surface area contributed by atoms with E-state index in [1.165, 1.54) is 24.3 Å². The first-order valence-electron chi connectivity index (χ1n) is 10.9. The number of aryl methyl sites for hydroxylation is 1. The Balaban J connectivity index is 1.56. The van der Waals surface area contributed by atoms with Gasteiger partial charge >= 0.3 is 6.36 Å². The average Bonchev–Trinajstić information content (AvgIpc) is 3.68. The monoisotopic (exact) mass is 479 g/mol. The average molecular weight is 479 g/mol. The Morgan fingerprint density at radius 1 is 1.03 bits per heavy atom. The summed E-state index contributed by atoms with van der Waals surface area (Å²) >= 11 is 0. The minimum Gasteiger partial charge on any atom is -0.406 e. The minimum atomic E-state index is -4.80. The summed E-state index contributed by atoms with van der Waals surface area (Å²) in [7, 11) is 0. The number of alkyl halides is 3. The van der Waals surface area contributed by atoms with Crippen molar-refractivity contribution in [3.63, 3.8) is 0 Å².